The van der Waals surface area contributed by atoms with Crippen LogP contribution >= 0.6 is 11.3 Å². The van der Waals surface area contributed by atoms with E-state index in [9.17, 15) is 9.59 Å². The molecule has 0 aliphatic heterocycles. The zero-order valence-electron chi connectivity index (χ0n) is 16.8. The van der Waals surface area contributed by atoms with Crippen molar-refractivity contribution in [2.45, 2.75) is 46.1 Å². The Morgan fingerprint density at radius 2 is 2.17 bits per heavy atom. The van der Waals surface area contributed by atoms with Crippen LogP contribution in [0.15, 0.2) is 29.1 Å². The molecule has 0 saturated carbocycles. The molecule has 7 heteroatoms. The Morgan fingerprint density at radius 1 is 1.38 bits per heavy atom. The molecule has 1 aliphatic rings. The van der Waals surface area contributed by atoms with Crippen LogP contribution in [0.25, 0.3) is 10.2 Å². The van der Waals surface area contributed by atoms with Crippen LogP contribution in [0.1, 0.15) is 59.9 Å². The molecule has 0 radical (unpaired) electrons. The Balaban J connectivity index is 1.62. The van der Waals surface area contributed by atoms with Crippen LogP contribution in [0.4, 0.5) is 0 Å². The molecule has 1 aromatic carbocycles. The summed E-state index contributed by atoms with van der Waals surface area (Å²) in [4.78, 5) is 34.8. The van der Waals surface area contributed by atoms with Gasteiger partial charge in [0.15, 0.2) is 11.9 Å². The summed E-state index contributed by atoms with van der Waals surface area (Å²) in [5, 5.41) is 0.695. The lowest BCUT2D eigenvalue weighted by Gasteiger charge is -2.17. The number of fused-ring (bicyclic) bond motifs is 3. The van der Waals surface area contributed by atoms with E-state index < -0.39 is 12.1 Å². The van der Waals surface area contributed by atoms with Crippen LogP contribution in [0.2, 0.25) is 0 Å². The van der Waals surface area contributed by atoms with Crippen LogP contribution in [-0.4, -0.2) is 22.5 Å². The fraction of sp³-hybridized carbons (Fsp3) is 0.409. The van der Waals surface area contributed by atoms with E-state index in [1.54, 1.807) is 42.5 Å². The molecule has 3 aromatic rings. The summed E-state index contributed by atoms with van der Waals surface area (Å²) in [5.74, 6) is 0.948. The number of carbonyl (C=O) groups excluding carboxylic acids is 1. The van der Waals surface area contributed by atoms with Crippen molar-refractivity contribution < 1.29 is 14.3 Å². The van der Waals surface area contributed by atoms with Gasteiger partial charge in [0, 0.05) is 4.88 Å². The SMILES string of the molecule is CCOc1ccccc1C(=O)O[C@@H](C)c1nc2sc3c(c2c(=O)[nH]1)CC[C@@H](C)C3. The van der Waals surface area contributed by atoms with Crippen molar-refractivity contribution in [2.24, 2.45) is 5.92 Å². The van der Waals surface area contributed by atoms with E-state index in [4.69, 9.17) is 9.47 Å². The average Bonchev–Trinajstić information content (AvgIpc) is 3.06. The molecule has 0 fully saturated rings. The first-order valence-electron chi connectivity index (χ1n) is 9.95. The van der Waals surface area contributed by atoms with Crippen molar-refractivity contribution in [2.75, 3.05) is 6.61 Å². The lowest BCUT2D eigenvalue weighted by molar-refractivity contribution is 0.0316. The number of nitrogens with zero attached hydrogens (tertiary/aromatic N) is 1. The fourth-order valence-electron chi connectivity index (χ4n) is 3.75. The number of carbonyl (C=O) groups is 1. The quantitative estimate of drug-likeness (QED) is 0.627. The van der Waals surface area contributed by atoms with Crippen LogP contribution < -0.4 is 10.3 Å². The molecule has 1 N–H and O–H groups in total. The van der Waals surface area contributed by atoms with Crippen molar-refractivity contribution in [3.8, 4) is 5.75 Å². The topological polar surface area (TPSA) is 81.3 Å². The van der Waals surface area contributed by atoms with Gasteiger partial charge in [0.1, 0.15) is 16.1 Å². The second kappa shape index (κ2) is 7.99. The van der Waals surface area contributed by atoms with Gasteiger partial charge in [-0.3, -0.25) is 4.79 Å². The molecule has 2 aromatic heterocycles. The molecule has 0 spiro atoms. The normalized spacial score (nSPS) is 17.0. The van der Waals surface area contributed by atoms with Crippen molar-refractivity contribution in [1.82, 2.24) is 9.97 Å². The van der Waals surface area contributed by atoms with Crippen LogP contribution in [0.3, 0.4) is 0 Å². The molecule has 1 aliphatic carbocycles. The van der Waals surface area contributed by atoms with Gasteiger partial charge in [-0.25, -0.2) is 9.78 Å². The number of aromatic amines is 1. The van der Waals surface area contributed by atoms with E-state index in [2.05, 4.69) is 16.9 Å². The first kappa shape index (κ1) is 19.6. The Labute approximate surface area is 172 Å². The molecule has 6 nitrogen and oxygen atoms in total. The predicted molar refractivity (Wildman–Crippen MR) is 113 cm³/mol. The van der Waals surface area contributed by atoms with Gasteiger partial charge in [-0.1, -0.05) is 19.1 Å². The molecule has 29 heavy (non-hydrogen) atoms. The van der Waals surface area contributed by atoms with Crippen LogP contribution in [-0.2, 0) is 17.6 Å². The molecular formula is C22H24N2O4S. The second-order valence-corrected chi connectivity index (χ2v) is 8.54. The monoisotopic (exact) mass is 412 g/mol. The van der Waals surface area contributed by atoms with Gasteiger partial charge in [-0.2, -0.15) is 0 Å². The number of nitrogens with one attached hydrogen (secondary N) is 1. The zero-order valence-corrected chi connectivity index (χ0v) is 17.6. The third kappa shape index (κ3) is 3.79. The zero-order chi connectivity index (χ0) is 20.5. The molecule has 0 saturated heterocycles. The third-order valence-corrected chi connectivity index (χ3v) is 6.41. The van der Waals surface area contributed by atoms with Crippen molar-refractivity contribution in [1.29, 1.82) is 0 Å². The third-order valence-electron chi connectivity index (χ3n) is 5.26. The van der Waals surface area contributed by atoms with E-state index in [-0.39, 0.29) is 5.56 Å². The van der Waals surface area contributed by atoms with Gasteiger partial charge in [0.2, 0.25) is 0 Å². The maximum absolute atomic E-state index is 12.8. The Bertz CT molecular complexity index is 1120. The number of hydrogen-bond acceptors (Lipinski definition) is 6. The average molecular weight is 413 g/mol. The number of ether oxygens (including phenoxy) is 2. The van der Waals surface area contributed by atoms with E-state index in [0.717, 1.165) is 29.7 Å². The first-order chi connectivity index (χ1) is 14.0. The van der Waals surface area contributed by atoms with E-state index in [1.165, 1.54) is 4.88 Å². The highest BCUT2D eigenvalue weighted by molar-refractivity contribution is 7.18. The van der Waals surface area contributed by atoms with E-state index in [1.807, 2.05) is 6.92 Å². The molecule has 0 bridgehead atoms. The van der Waals surface area contributed by atoms with Gasteiger partial charge in [-0.15, -0.1) is 11.3 Å². The standard InChI is InChI=1S/C22H24N2O4S/c1-4-27-16-8-6-5-7-14(16)22(26)28-13(3)19-23-20(25)18-15-10-9-12(2)11-17(15)29-21(18)24-19/h5-8,12-13H,4,9-11H2,1-3H3,(H,23,24,25)/t12-,13+/m1/s1. The maximum atomic E-state index is 12.8. The molecule has 2 heterocycles. The summed E-state index contributed by atoms with van der Waals surface area (Å²) in [5.41, 5.74) is 1.33. The summed E-state index contributed by atoms with van der Waals surface area (Å²) >= 11 is 1.58. The number of hydrogen-bond donors (Lipinski definition) is 1. The van der Waals surface area contributed by atoms with Gasteiger partial charge < -0.3 is 14.5 Å². The first-order valence-corrected chi connectivity index (χ1v) is 10.8. The summed E-state index contributed by atoms with van der Waals surface area (Å²) < 4.78 is 11.1. The molecule has 2 atom stereocenters. The second-order valence-electron chi connectivity index (χ2n) is 7.46. The minimum atomic E-state index is -0.688. The van der Waals surface area contributed by atoms with Gasteiger partial charge in [-0.05, 0) is 56.7 Å². The van der Waals surface area contributed by atoms with E-state index >= 15 is 0 Å². The smallest absolute Gasteiger partial charge is 0.342 e. The van der Waals surface area contributed by atoms with Crippen LogP contribution in [0.5, 0.6) is 5.75 Å². The Morgan fingerprint density at radius 3 is 2.97 bits per heavy atom. The molecule has 152 valence electrons. The largest absolute Gasteiger partial charge is 0.493 e. The summed E-state index contributed by atoms with van der Waals surface area (Å²) in [6.07, 6.45) is 2.31. The molecule has 0 unspecified atom stereocenters. The number of H-pyrrole nitrogens is 1. The number of rotatable bonds is 5. The lowest BCUT2D eigenvalue weighted by Crippen LogP contribution is -2.18. The molecular weight excluding hydrogens is 388 g/mol. The van der Waals surface area contributed by atoms with E-state index in [0.29, 0.717) is 35.0 Å². The van der Waals surface area contributed by atoms with Crippen molar-refractivity contribution >= 4 is 27.5 Å². The number of aryl methyl sites for hydroxylation is 1. The van der Waals surface area contributed by atoms with Crippen LogP contribution in [0, 0.1) is 5.92 Å². The number of thiophene rings is 1. The summed E-state index contributed by atoms with van der Waals surface area (Å²) in [6.45, 7) is 6.25. The summed E-state index contributed by atoms with van der Waals surface area (Å²) in [7, 11) is 0. The predicted octanol–water partition coefficient (Wildman–Crippen LogP) is 4.43. The number of aromatic nitrogens is 2. The highest BCUT2D eigenvalue weighted by Crippen LogP contribution is 2.36. The Hall–Kier alpha value is -2.67. The molecule has 4 rings (SSSR count). The fourth-order valence-corrected chi connectivity index (χ4v) is 5.15. The highest BCUT2D eigenvalue weighted by atomic mass is 32.1. The maximum Gasteiger partial charge on any atom is 0.342 e. The lowest BCUT2D eigenvalue weighted by atomic mass is 9.89. The van der Waals surface area contributed by atoms with Gasteiger partial charge in [0.25, 0.3) is 5.56 Å². The van der Waals surface area contributed by atoms with Crippen molar-refractivity contribution in [3.05, 3.63) is 56.4 Å². The Kier molecular flexibility index (Phi) is 5.41. The van der Waals surface area contributed by atoms with Gasteiger partial charge in [0.05, 0.1) is 12.0 Å². The summed E-state index contributed by atoms with van der Waals surface area (Å²) in [6, 6.07) is 6.95. The number of para-hydroxylation sites is 1. The molecule has 0 amide bonds. The minimum Gasteiger partial charge on any atom is -0.493 e. The highest BCUT2D eigenvalue weighted by Gasteiger charge is 2.25. The number of benzene rings is 1. The minimum absolute atomic E-state index is 0.158. The number of esters is 1. The van der Waals surface area contributed by atoms with Crippen molar-refractivity contribution in [3.63, 3.8) is 0 Å². The van der Waals surface area contributed by atoms with Gasteiger partial charge >= 0.3 is 5.97 Å².